The van der Waals surface area contributed by atoms with Crippen molar-refractivity contribution in [3.05, 3.63) is 12.2 Å². The second kappa shape index (κ2) is 16.3. The van der Waals surface area contributed by atoms with Crippen LogP contribution in [0, 0.1) is 5.92 Å². The standard InChI is InChI=1S/C26H46N4O4/c1-6-9-10-14-20(12-7-2)15-11-16-23(31)29-21(13-8-3)25(33)28-19(5)24(32)30-22-17-18(4)27-26(22)34/h10,14,18-22H,6-9,11-13,15-17H2,1-5H3,(H,27,34)(H,28,33)(H,29,31)(H,30,32)/b14-10-. The molecule has 1 rings (SSSR count). The first-order valence-electron chi connectivity index (χ1n) is 13.1. The number of hydrogen-bond acceptors (Lipinski definition) is 4. The van der Waals surface area contributed by atoms with Crippen LogP contribution in [0.4, 0.5) is 0 Å². The summed E-state index contributed by atoms with van der Waals surface area (Å²) in [4.78, 5) is 49.6. The van der Waals surface area contributed by atoms with Crippen LogP contribution in [0.15, 0.2) is 12.2 Å². The number of nitrogens with one attached hydrogen (secondary N) is 4. The van der Waals surface area contributed by atoms with Gasteiger partial charge in [-0.3, -0.25) is 19.2 Å². The predicted octanol–water partition coefficient (Wildman–Crippen LogP) is 3.11. The van der Waals surface area contributed by atoms with E-state index in [1.54, 1.807) is 6.92 Å². The summed E-state index contributed by atoms with van der Waals surface area (Å²) in [6.45, 7) is 9.73. The van der Waals surface area contributed by atoms with Crippen LogP contribution in [0.3, 0.4) is 0 Å². The summed E-state index contributed by atoms with van der Waals surface area (Å²) in [5, 5.41) is 11.0. The van der Waals surface area contributed by atoms with Crippen molar-refractivity contribution in [2.75, 3.05) is 0 Å². The van der Waals surface area contributed by atoms with E-state index in [2.05, 4.69) is 47.3 Å². The van der Waals surface area contributed by atoms with Crippen LogP contribution in [0.25, 0.3) is 0 Å². The summed E-state index contributed by atoms with van der Waals surface area (Å²) in [5.41, 5.74) is 0. The van der Waals surface area contributed by atoms with E-state index >= 15 is 0 Å². The van der Waals surface area contributed by atoms with Crippen molar-refractivity contribution in [3.63, 3.8) is 0 Å². The van der Waals surface area contributed by atoms with Gasteiger partial charge in [0.15, 0.2) is 0 Å². The van der Waals surface area contributed by atoms with E-state index in [0.29, 0.717) is 25.2 Å². The van der Waals surface area contributed by atoms with Crippen molar-refractivity contribution < 1.29 is 19.2 Å². The van der Waals surface area contributed by atoms with Crippen molar-refractivity contribution in [1.82, 2.24) is 21.3 Å². The van der Waals surface area contributed by atoms with E-state index in [1.807, 2.05) is 13.8 Å². The van der Waals surface area contributed by atoms with Crippen LogP contribution >= 0.6 is 0 Å². The summed E-state index contributed by atoms with van der Waals surface area (Å²) in [6.07, 6.45) is 12.8. The smallest absolute Gasteiger partial charge is 0.243 e. The summed E-state index contributed by atoms with van der Waals surface area (Å²) in [6, 6.07) is -2.06. The second-order valence-corrected chi connectivity index (χ2v) is 9.50. The Kier molecular flexibility index (Phi) is 14.2. The minimum absolute atomic E-state index is 0.0106. The van der Waals surface area contributed by atoms with Gasteiger partial charge in [0.2, 0.25) is 23.6 Å². The lowest BCUT2D eigenvalue weighted by molar-refractivity contribution is -0.133. The number of unbranched alkanes of at least 4 members (excludes halogenated alkanes) is 1. The average molecular weight is 479 g/mol. The third-order valence-electron chi connectivity index (χ3n) is 6.09. The van der Waals surface area contributed by atoms with E-state index in [9.17, 15) is 19.2 Å². The number of carbonyl (C=O) groups is 4. The molecular formula is C26H46N4O4. The Morgan fingerprint density at radius 2 is 1.74 bits per heavy atom. The lowest BCUT2D eigenvalue weighted by Gasteiger charge is -2.22. The van der Waals surface area contributed by atoms with Crippen LogP contribution in [-0.4, -0.2) is 47.8 Å². The van der Waals surface area contributed by atoms with Crippen molar-refractivity contribution in [2.24, 2.45) is 5.92 Å². The molecule has 0 radical (unpaired) electrons. The molecular weight excluding hydrogens is 432 g/mol. The fourth-order valence-corrected chi connectivity index (χ4v) is 4.18. The zero-order valence-corrected chi connectivity index (χ0v) is 21.7. The summed E-state index contributed by atoms with van der Waals surface area (Å²) >= 11 is 0. The minimum Gasteiger partial charge on any atom is -0.352 e. The quantitative estimate of drug-likeness (QED) is 0.255. The Labute approximate surface area is 205 Å². The van der Waals surface area contributed by atoms with Gasteiger partial charge in [-0.05, 0) is 58.3 Å². The molecule has 8 nitrogen and oxygen atoms in total. The van der Waals surface area contributed by atoms with Crippen molar-refractivity contribution in [1.29, 1.82) is 0 Å². The molecule has 8 heteroatoms. The molecule has 4 amide bonds. The topological polar surface area (TPSA) is 116 Å². The number of allylic oxidation sites excluding steroid dienone is 2. The van der Waals surface area contributed by atoms with Crippen molar-refractivity contribution in [2.45, 2.75) is 123 Å². The second-order valence-electron chi connectivity index (χ2n) is 9.50. The van der Waals surface area contributed by atoms with Gasteiger partial charge in [-0.1, -0.05) is 52.2 Å². The van der Waals surface area contributed by atoms with E-state index in [1.165, 1.54) is 0 Å². The van der Waals surface area contributed by atoms with Gasteiger partial charge in [0.25, 0.3) is 0 Å². The largest absolute Gasteiger partial charge is 0.352 e. The summed E-state index contributed by atoms with van der Waals surface area (Å²) in [5.74, 6) is -0.660. The Balaban J connectivity index is 2.51. The molecule has 1 fully saturated rings. The Morgan fingerprint density at radius 1 is 1.03 bits per heavy atom. The van der Waals surface area contributed by atoms with Gasteiger partial charge >= 0.3 is 0 Å². The Morgan fingerprint density at radius 3 is 2.32 bits per heavy atom. The third kappa shape index (κ3) is 11.2. The molecule has 1 aliphatic heterocycles. The number of hydrogen-bond donors (Lipinski definition) is 4. The van der Waals surface area contributed by atoms with Gasteiger partial charge in [-0.25, -0.2) is 0 Å². The molecule has 4 N–H and O–H groups in total. The molecule has 0 spiro atoms. The van der Waals surface area contributed by atoms with E-state index in [0.717, 1.165) is 44.9 Å². The van der Waals surface area contributed by atoms with Gasteiger partial charge in [0.1, 0.15) is 18.1 Å². The molecule has 0 aromatic carbocycles. The predicted molar refractivity (Wildman–Crippen MR) is 135 cm³/mol. The van der Waals surface area contributed by atoms with Crippen molar-refractivity contribution >= 4 is 23.6 Å². The molecule has 1 saturated heterocycles. The van der Waals surface area contributed by atoms with Gasteiger partial charge in [0.05, 0.1) is 0 Å². The molecule has 5 unspecified atom stereocenters. The zero-order chi connectivity index (χ0) is 25.5. The first kappa shape index (κ1) is 29.7. The first-order valence-corrected chi connectivity index (χ1v) is 13.1. The maximum Gasteiger partial charge on any atom is 0.243 e. The van der Waals surface area contributed by atoms with Crippen LogP contribution in [0.1, 0.15) is 98.8 Å². The number of amides is 4. The first-order chi connectivity index (χ1) is 16.2. The Bertz CT molecular complexity index is 694. The molecule has 0 aromatic heterocycles. The molecule has 0 saturated carbocycles. The maximum atomic E-state index is 12.8. The minimum atomic E-state index is -0.808. The SMILES string of the molecule is CCC/C=C\C(CCC)CCCC(=O)NC(CCC)C(=O)NC(C)C(=O)NC1CC(C)NC1=O. The van der Waals surface area contributed by atoms with Crippen LogP contribution in [0.2, 0.25) is 0 Å². The molecule has 0 aromatic rings. The summed E-state index contributed by atoms with van der Waals surface area (Å²) in [7, 11) is 0. The monoisotopic (exact) mass is 478 g/mol. The Hall–Kier alpha value is -2.38. The molecule has 1 heterocycles. The molecule has 34 heavy (non-hydrogen) atoms. The van der Waals surface area contributed by atoms with E-state index in [4.69, 9.17) is 0 Å². The molecule has 5 atom stereocenters. The lowest BCUT2D eigenvalue weighted by Crippen LogP contribution is -2.54. The van der Waals surface area contributed by atoms with E-state index in [-0.39, 0.29) is 23.8 Å². The average Bonchev–Trinajstić information content (AvgIpc) is 3.09. The highest BCUT2D eigenvalue weighted by Crippen LogP contribution is 2.17. The number of rotatable bonds is 16. The fraction of sp³-hybridized carbons (Fsp3) is 0.769. The van der Waals surface area contributed by atoms with Crippen LogP contribution < -0.4 is 21.3 Å². The lowest BCUT2D eigenvalue weighted by atomic mass is 9.96. The number of carbonyl (C=O) groups excluding carboxylic acids is 4. The van der Waals surface area contributed by atoms with Crippen LogP contribution in [-0.2, 0) is 19.2 Å². The van der Waals surface area contributed by atoms with Crippen LogP contribution in [0.5, 0.6) is 0 Å². The van der Waals surface area contributed by atoms with Gasteiger partial charge in [-0.15, -0.1) is 0 Å². The maximum absolute atomic E-state index is 12.8. The van der Waals surface area contributed by atoms with Gasteiger partial charge < -0.3 is 21.3 Å². The van der Waals surface area contributed by atoms with Gasteiger partial charge in [-0.2, -0.15) is 0 Å². The van der Waals surface area contributed by atoms with E-state index < -0.39 is 24.0 Å². The highest BCUT2D eigenvalue weighted by atomic mass is 16.2. The van der Waals surface area contributed by atoms with Gasteiger partial charge in [0, 0.05) is 12.5 Å². The van der Waals surface area contributed by atoms with Crippen molar-refractivity contribution in [3.8, 4) is 0 Å². The summed E-state index contributed by atoms with van der Waals surface area (Å²) < 4.78 is 0. The highest BCUT2D eigenvalue weighted by Gasteiger charge is 2.32. The molecule has 1 aliphatic rings. The molecule has 194 valence electrons. The molecule has 0 bridgehead atoms. The fourth-order valence-electron chi connectivity index (χ4n) is 4.18. The third-order valence-corrected chi connectivity index (χ3v) is 6.09. The zero-order valence-electron chi connectivity index (χ0n) is 21.7. The molecule has 0 aliphatic carbocycles. The normalized spacial score (nSPS) is 20.4. The highest BCUT2D eigenvalue weighted by molar-refractivity contribution is 5.94.